The normalized spacial score (nSPS) is 10.8. The number of hydrogen-bond donors (Lipinski definition) is 1. The molecule has 0 fully saturated rings. The lowest BCUT2D eigenvalue weighted by Crippen LogP contribution is -2.08. The quantitative estimate of drug-likeness (QED) is 0.710. The standard InChI is InChI=1S/C10H12N2/c11-6-8-12-7-5-9-3-1-2-4-10(9)12/h1-5,7H,6,8,11H2. The van der Waals surface area contributed by atoms with Crippen molar-refractivity contribution in [2.75, 3.05) is 6.54 Å². The first-order valence-electron chi connectivity index (χ1n) is 4.16. The van der Waals surface area contributed by atoms with E-state index < -0.39 is 0 Å². The maximum Gasteiger partial charge on any atom is 0.0480 e. The van der Waals surface area contributed by atoms with Gasteiger partial charge in [0.05, 0.1) is 0 Å². The highest BCUT2D eigenvalue weighted by atomic mass is 15.0. The van der Waals surface area contributed by atoms with Crippen molar-refractivity contribution in [3.05, 3.63) is 36.5 Å². The molecule has 0 unspecified atom stereocenters. The summed E-state index contributed by atoms with van der Waals surface area (Å²) in [6.45, 7) is 1.59. The van der Waals surface area contributed by atoms with Gasteiger partial charge in [-0.15, -0.1) is 0 Å². The first kappa shape index (κ1) is 7.37. The van der Waals surface area contributed by atoms with Gasteiger partial charge in [0, 0.05) is 24.8 Å². The Morgan fingerprint density at radius 1 is 1.17 bits per heavy atom. The lowest BCUT2D eigenvalue weighted by molar-refractivity contribution is 0.735. The molecule has 2 nitrogen and oxygen atoms in total. The predicted molar refractivity (Wildman–Crippen MR) is 51.0 cm³/mol. The molecule has 2 aromatic rings. The number of nitrogens with two attached hydrogens (primary N) is 1. The van der Waals surface area contributed by atoms with Crippen molar-refractivity contribution in [3.8, 4) is 0 Å². The number of rotatable bonds is 2. The second kappa shape index (κ2) is 2.99. The van der Waals surface area contributed by atoms with Gasteiger partial charge in [0.1, 0.15) is 0 Å². The lowest BCUT2D eigenvalue weighted by atomic mass is 10.2. The van der Waals surface area contributed by atoms with Gasteiger partial charge in [-0.1, -0.05) is 18.2 Å². The summed E-state index contributed by atoms with van der Waals surface area (Å²) >= 11 is 0. The SMILES string of the molecule is NCCn1ccc2ccccc21. The van der Waals surface area contributed by atoms with Crippen LogP contribution in [0, 0.1) is 0 Å². The largest absolute Gasteiger partial charge is 0.346 e. The van der Waals surface area contributed by atoms with Gasteiger partial charge in [0.15, 0.2) is 0 Å². The van der Waals surface area contributed by atoms with E-state index in [1.807, 2.05) is 0 Å². The Bertz CT molecular complexity index is 376. The second-order valence-corrected chi connectivity index (χ2v) is 2.86. The van der Waals surface area contributed by atoms with Gasteiger partial charge >= 0.3 is 0 Å². The second-order valence-electron chi connectivity index (χ2n) is 2.86. The molecule has 2 heteroatoms. The van der Waals surface area contributed by atoms with E-state index in [-0.39, 0.29) is 0 Å². The zero-order chi connectivity index (χ0) is 8.39. The molecule has 62 valence electrons. The number of aromatic nitrogens is 1. The van der Waals surface area contributed by atoms with Crippen molar-refractivity contribution in [1.82, 2.24) is 4.57 Å². The molecule has 0 aliphatic rings. The molecule has 0 aliphatic carbocycles. The van der Waals surface area contributed by atoms with Crippen LogP contribution in [0.15, 0.2) is 36.5 Å². The summed E-state index contributed by atoms with van der Waals surface area (Å²) in [5.41, 5.74) is 6.76. The Kier molecular flexibility index (Phi) is 1.84. The van der Waals surface area contributed by atoms with Crippen molar-refractivity contribution < 1.29 is 0 Å². The Morgan fingerprint density at radius 3 is 2.83 bits per heavy atom. The van der Waals surface area contributed by atoms with Crippen LogP contribution in [0.1, 0.15) is 0 Å². The van der Waals surface area contributed by atoms with Gasteiger partial charge in [-0.05, 0) is 17.5 Å². The molecule has 0 amide bonds. The summed E-state index contributed by atoms with van der Waals surface area (Å²) in [6, 6.07) is 10.4. The highest BCUT2D eigenvalue weighted by Crippen LogP contribution is 2.14. The van der Waals surface area contributed by atoms with Crippen molar-refractivity contribution in [1.29, 1.82) is 0 Å². The molecular formula is C10H12N2. The fraction of sp³-hybridized carbons (Fsp3) is 0.200. The van der Waals surface area contributed by atoms with E-state index in [1.54, 1.807) is 0 Å². The minimum atomic E-state index is 0.693. The van der Waals surface area contributed by atoms with Gasteiger partial charge in [0.25, 0.3) is 0 Å². The number of nitrogens with zero attached hydrogens (tertiary/aromatic N) is 1. The molecule has 12 heavy (non-hydrogen) atoms. The van der Waals surface area contributed by atoms with Crippen LogP contribution < -0.4 is 5.73 Å². The molecule has 0 saturated carbocycles. The first-order chi connectivity index (χ1) is 5.92. The van der Waals surface area contributed by atoms with Crippen molar-refractivity contribution in [3.63, 3.8) is 0 Å². The summed E-state index contributed by atoms with van der Waals surface area (Å²) < 4.78 is 2.18. The van der Waals surface area contributed by atoms with E-state index in [9.17, 15) is 0 Å². The van der Waals surface area contributed by atoms with E-state index in [0.717, 1.165) is 6.54 Å². The summed E-state index contributed by atoms with van der Waals surface area (Å²) in [5.74, 6) is 0. The van der Waals surface area contributed by atoms with Crippen LogP contribution in [-0.4, -0.2) is 11.1 Å². The van der Waals surface area contributed by atoms with E-state index in [2.05, 4.69) is 41.1 Å². The van der Waals surface area contributed by atoms with Gasteiger partial charge in [0.2, 0.25) is 0 Å². The molecule has 1 aromatic heterocycles. The summed E-state index contributed by atoms with van der Waals surface area (Å²) in [7, 11) is 0. The van der Waals surface area contributed by atoms with Crippen LogP contribution in [0.5, 0.6) is 0 Å². The Morgan fingerprint density at radius 2 is 2.00 bits per heavy atom. The molecule has 0 saturated heterocycles. The minimum Gasteiger partial charge on any atom is -0.346 e. The fourth-order valence-electron chi connectivity index (χ4n) is 1.47. The highest BCUT2D eigenvalue weighted by molar-refractivity contribution is 5.79. The number of benzene rings is 1. The third kappa shape index (κ3) is 1.10. The third-order valence-corrected chi connectivity index (χ3v) is 2.05. The van der Waals surface area contributed by atoms with Crippen LogP contribution in [0.25, 0.3) is 10.9 Å². The summed E-state index contributed by atoms with van der Waals surface area (Å²) in [6.07, 6.45) is 2.08. The number of fused-ring (bicyclic) bond motifs is 1. The van der Waals surface area contributed by atoms with Gasteiger partial charge in [-0.25, -0.2) is 0 Å². The van der Waals surface area contributed by atoms with Crippen LogP contribution in [0.3, 0.4) is 0 Å². The van der Waals surface area contributed by atoms with Crippen LogP contribution in [-0.2, 0) is 6.54 Å². The average molecular weight is 160 g/mol. The molecule has 2 rings (SSSR count). The summed E-state index contributed by atoms with van der Waals surface area (Å²) in [4.78, 5) is 0. The van der Waals surface area contributed by atoms with Crippen LogP contribution in [0.4, 0.5) is 0 Å². The fourth-order valence-corrected chi connectivity index (χ4v) is 1.47. The summed E-state index contributed by atoms with van der Waals surface area (Å²) in [5, 5.41) is 1.28. The zero-order valence-electron chi connectivity index (χ0n) is 6.90. The maximum atomic E-state index is 5.49. The van der Waals surface area contributed by atoms with E-state index in [1.165, 1.54) is 10.9 Å². The number of hydrogen-bond acceptors (Lipinski definition) is 1. The minimum absolute atomic E-state index is 0.693. The molecule has 2 N–H and O–H groups in total. The molecule has 0 bridgehead atoms. The molecule has 0 atom stereocenters. The van der Waals surface area contributed by atoms with Crippen molar-refractivity contribution >= 4 is 10.9 Å². The monoisotopic (exact) mass is 160 g/mol. The smallest absolute Gasteiger partial charge is 0.0480 e. The third-order valence-electron chi connectivity index (χ3n) is 2.05. The number of para-hydroxylation sites is 1. The molecule has 0 aliphatic heterocycles. The Hall–Kier alpha value is -1.28. The molecule has 1 aromatic carbocycles. The molecular weight excluding hydrogens is 148 g/mol. The van der Waals surface area contributed by atoms with E-state index in [4.69, 9.17) is 5.73 Å². The van der Waals surface area contributed by atoms with E-state index >= 15 is 0 Å². The highest BCUT2D eigenvalue weighted by Gasteiger charge is 1.96. The Balaban J connectivity index is 2.55. The predicted octanol–water partition coefficient (Wildman–Crippen LogP) is 1.60. The average Bonchev–Trinajstić information content (AvgIpc) is 2.50. The van der Waals surface area contributed by atoms with Crippen LogP contribution in [0.2, 0.25) is 0 Å². The van der Waals surface area contributed by atoms with Gasteiger partial charge in [-0.2, -0.15) is 0 Å². The molecule has 1 heterocycles. The Labute approximate surface area is 71.6 Å². The molecule has 0 spiro atoms. The van der Waals surface area contributed by atoms with Gasteiger partial charge in [-0.3, -0.25) is 0 Å². The van der Waals surface area contributed by atoms with Crippen LogP contribution >= 0.6 is 0 Å². The first-order valence-corrected chi connectivity index (χ1v) is 4.16. The topological polar surface area (TPSA) is 30.9 Å². The van der Waals surface area contributed by atoms with Crippen molar-refractivity contribution in [2.45, 2.75) is 6.54 Å². The van der Waals surface area contributed by atoms with Gasteiger partial charge < -0.3 is 10.3 Å². The van der Waals surface area contributed by atoms with Crippen molar-refractivity contribution in [2.24, 2.45) is 5.73 Å². The van der Waals surface area contributed by atoms with E-state index in [0.29, 0.717) is 6.54 Å². The zero-order valence-corrected chi connectivity index (χ0v) is 6.90. The molecule has 0 radical (unpaired) electrons. The lowest BCUT2D eigenvalue weighted by Gasteiger charge is -2.01. The maximum absolute atomic E-state index is 5.49.